The molecule has 0 spiro atoms. The molecule has 0 saturated carbocycles. The lowest BCUT2D eigenvalue weighted by atomic mass is 10.1. The quantitative estimate of drug-likeness (QED) is 0.607. The topological polar surface area (TPSA) is 114 Å². The number of nitrogens with one attached hydrogen (secondary N) is 1. The number of hydrogen-bond donors (Lipinski definition) is 1. The number of ether oxygens (including phenoxy) is 1. The van der Waals surface area contributed by atoms with Gasteiger partial charge in [0, 0.05) is 5.39 Å². The molecule has 1 atom stereocenters. The number of nitriles is 1. The predicted molar refractivity (Wildman–Crippen MR) is 90.0 cm³/mol. The Bertz CT molecular complexity index is 1140. The summed E-state index contributed by atoms with van der Waals surface area (Å²) >= 11 is 0. The third kappa shape index (κ3) is 2.29. The van der Waals surface area contributed by atoms with Gasteiger partial charge in [0.2, 0.25) is 0 Å². The van der Waals surface area contributed by atoms with Crippen molar-refractivity contribution >= 4 is 10.9 Å². The molecule has 26 heavy (non-hydrogen) atoms. The van der Waals surface area contributed by atoms with E-state index in [2.05, 4.69) is 25.1 Å². The maximum Gasteiger partial charge on any atom is 0.181 e. The average Bonchev–Trinajstić information content (AvgIpc) is 3.40. The highest BCUT2D eigenvalue weighted by Crippen LogP contribution is 2.35. The van der Waals surface area contributed by atoms with Crippen molar-refractivity contribution in [2.75, 3.05) is 0 Å². The molecule has 1 aliphatic carbocycles. The van der Waals surface area contributed by atoms with Gasteiger partial charge in [-0.25, -0.2) is 9.97 Å². The number of rotatable bonds is 3. The Labute approximate surface area is 147 Å². The van der Waals surface area contributed by atoms with Gasteiger partial charge in [-0.15, -0.1) is 0 Å². The summed E-state index contributed by atoms with van der Waals surface area (Å²) in [7, 11) is 0. The van der Waals surface area contributed by atoms with Crippen LogP contribution < -0.4 is 4.74 Å². The Kier molecular flexibility index (Phi) is 3.18. The van der Waals surface area contributed by atoms with Crippen molar-refractivity contribution in [1.82, 2.24) is 25.1 Å². The van der Waals surface area contributed by atoms with Crippen LogP contribution in [0.2, 0.25) is 0 Å². The van der Waals surface area contributed by atoms with Gasteiger partial charge in [0.15, 0.2) is 17.8 Å². The summed E-state index contributed by atoms with van der Waals surface area (Å²) in [5.41, 5.74) is 3.54. The molecule has 126 valence electrons. The summed E-state index contributed by atoms with van der Waals surface area (Å²) in [6.07, 6.45) is 5.84. The van der Waals surface area contributed by atoms with Crippen LogP contribution in [0.3, 0.4) is 0 Å². The number of H-pyrrole nitrogens is 1. The highest BCUT2D eigenvalue weighted by molar-refractivity contribution is 5.92. The molecule has 0 amide bonds. The highest BCUT2D eigenvalue weighted by atomic mass is 16.5. The molecule has 0 unspecified atom stereocenters. The van der Waals surface area contributed by atoms with E-state index in [1.54, 1.807) is 6.20 Å². The van der Waals surface area contributed by atoms with Crippen LogP contribution in [0, 0.1) is 11.3 Å². The van der Waals surface area contributed by atoms with Gasteiger partial charge < -0.3 is 9.15 Å². The van der Waals surface area contributed by atoms with Gasteiger partial charge in [0.1, 0.15) is 29.3 Å². The van der Waals surface area contributed by atoms with E-state index in [1.807, 2.05) is 24.3 Å². The molecule has 1 aromatic carbocycles. The summed E-state index contributed by atoms with van der Waals surface area (Å²) < 4.78 is 11.5. The zero-order chi connectivity index (χ0) is 17.5. The van der Waals surface area contributed by atoms with Crippen LogP contribution in [0.1, 0.15) is 29.6 Å². The first kappa shape index (κ1) is 14.6. The van der Waals surface area contributed by atoms with Crippen molar-refractivity contribution in [2.45, 2.75) is 18.9 Å². The fraction of sp³-hybridized carbons (Fsp3) is 0.167. The van der Waals surface area contributed by atoms with Crippen molar-refractivity contribution < 1.29 is 9.15 Å². The lowest BCUT2D eigenvalue weighted by molar-refractivity contribution is 0.203. The van der Waals surface area contributed by atoms with E-state index >= 15 is 0 Å². The fourth-order valence-corrected chi connectivity index (χ4v) is 3.21. The van der Waals surface area contributed by atoms with Crippen molar-refractivity contribution in [3.05, 3.63) is 54.1 Å². The third-order valence-corrected chi connectivity index (χ3v) is 4.42. The molecule has 3 aromatic heterocycles. The van der Waals surface area contributed by atoms with E-state index in [9.17, 15) is 0 Å². The number of nitrogens with zero attached hydrogens (tertiary/aromatic N) is 5. The molecular weight excluding hydrogens is 332 g/mol. The third-order valence-electron chi connectivity index (χ3n) is 4.42. The molecular formula is C18H12N6O2. The zero-order valence-corrected chi connectivity index (χ0v) is 13.5. The van der Waals surface area contributed by atoms with Crippen molar-refractivity contribution in [1.29, 1.82) is 5.26 Å². The Balaban J connectivity index is 1.48. The van der Waals surface area contributed by atoms with Gasteiger partial charge in [0.25, 0.3) is 0 Å². The van der Waals surface area contributed by atoms with Crippen molar-refractivity contribution in [3.8, 4) is 23.3 Å². The van der Waals surface area contributed by atoms with Crippen LogP contribution in [-0.4, -0.2) is 25.1 Å². The molecule has 3 heterocycles. The number of oxazole rings is 1. The maximum atomic E-state index is 8.95. The molecule has 4 aromatic rings. The van der Waals surface area contributed by atoms with Crippen LogP contribution in [-0.2, 0) is 6.42 Å². The van der Waals surface area contributed by atoms with E-state index in [4.69, 9.17) is 14.4 Å². The molecule has 0 fully saturated rings. The van der Waals surface area contributed by atoms with Crippen molar-refractivity contribution in [2.24, 2.45) is 0 Å². The number of benzene rings is 1. The van der Waals surface area contributed by atoms with E-state index < -0.39 is 0 Å². The maximum absolute atomic E-state index is 8.95. The molecule has 8 heteroatoms. The van der Waals surface area contributed by atoms with Gasteiger partial charge in [-0.05, 0) is 31.0 Å². The lowest BCUT2D eigenvalue weighted by Crippen LogP contribution is -2.06. The van der Waals surface area contributed by atoms with Gasteiger partial charge in [-0.1, -0.05) is 0 Å². The average molecular weight is 344 g/mol. The second-order valence-electron chi connectivity index (χ2n) is 5.99. The first-order valence-electron chi connectivity index (χ1n) is 8.11. The second kappa shape index (κ2) is 5.67. The van der Waals surface area contributed by atoms with Gasteiger partial charge in [-0.3, -0.25) is 10.1 Å². The Hall–Kier alpha value is -3.73. The number of aryl methyl sites for hydroxylation is 1. The molecule has 0 bridgehead atoms. The van der Waals surface area contributed by atoms with Gasteiger partial charge in [0.05, 0.1) is 23.6 Å². The Morgan fingerprint density at radius 2 is 2.27 bits per heavy atom. The van der Waals surface area contributed by atoms with Gasteiger partial charge in [-0.2, -0.15) is 10.4 Å². The second-order valence-corrected chi connectivity index (χ2v) is 5.99. The molecule has 1 N–H and O–H groups in total. The number of aromatic amines is 1. The van der Waals surface area contributed by atoms with E-state index in [0.717, 1.165) is 35.1 Å². The van der Waals surface area contributed by atoms with Crippen LogP contribution >= 0.6 is 0 Å². The summed E-state index contributed by atoms with van der Waals surface area (Å²) in [6.45, 7) is 0. The molecule has 1 aliphatic rings. The summed E-state index contributed by atoms with van der Waals surface area (Å²) in [6, 6.07) is 7.74. The molecule has 0 aliphatic heterocycles. The number of fused-ring (bicyclic) bond motifs is 2. The smallest absolute Gasteiger partial charge is 0.181 e. The lowest BCUT2D eigenvalue weighted by Gasteiger charge is -2.14. The summed E-state index contributed by atoms with van der Waals surface area (Å²) in [5, 5.41) is 17.1. The minimum atomic E-state index is -0.177. The van der Waals surface area contributed by atoms with Crippen LogP contribution in [0.15, 0.2) is 41.4 Å². The van der Waals surface area contributed by atoms with Crippen LogP contribution in [0.4, 0.5) is 0 Å². The Morgan fingerprint density at radius 1 is 1.31 bits per heavy atom. The standard InChI is InChI=1S/C18H12N6O2/c19-6-10-7-21-18-14(22-10)3-4-15(18)26-11-1-2-13-12(5-11)17(24-23-13)16-8-20-9-25-16/h1-2,5,7-9,15H,3-4H2,(H,23,24)/t15-/m1/s1. The van der Waals surface area contributed by atoms with Crippen LogP contribution in [0.5, 0.6) is 5.75 Å². The Morgan fingerprint density at radius 3 is 3.12 bits per heavy atom. The minimum Gasteiger partial charge on any atom is -0.484 e. The van der Waals surface area contributed by atoms with E-state index in [0.29, 0.717) is 22.9 Å². The highest BCUT2D eigenvalue weighted by Gasteiger charge is 2.27. The molecule has 5 rings (SSSR count). The van der Waals surface area contributed by atoms with E-state index in [1.165, 1.54) is 12.6 Å². The SMILES string of the molecule is N#Cc1cnc2c(n1)CC[C@H]2Oc1ccc2[nH]nc(-c3cnco3)c2c1. The first-order valence-corrected chi connectivity index (χ1v) is 8.11. The van der Waals surface area contributed by atoms with Gasteiger partial charge >= 0.3 is 0 Å². The summed E-state index contributed by atoms with van der Waals surface area (Å²) in [4.78, 5) is 12.6. The monoisotopic (exact) mass is 344 g/mol. The van der Waals surface area contributed by atoms with E-state index in [-0.39, 0.29) is 6.10 Å². The van der Waals surface area contributed by atoms with Crippen LogP contribution in [0.25, 0.3) is 22.4 Å². The van der Waals surface area contributed by atoms with Crippen molar-refractivity contribution in [3.63, 3.8) is 0 Å². The predicted octanol–water partition coefficient (Wildman–Crippen LogP) is 2.95. The fourth-order valence-electron chi connectivity index (χ4n) is 3.21. The number of aromatic nitrogens is 5. The minimum absolute atomic E-state index is 0.177. The largest absolute Gasteiger partial charge is 0.484 e. The zero-order valence-electron chi connectivity index (χ0n) is 13.5. The molecule has 0 saturated heterocycles. The first-order chi connectivity index (χ1) is 12.8. The summed E-state index contributed by atoms with van der Waals surface area (Å²) in [5.74, 6) is 1.30. The molecule has 8 nitrogen and oxygen atoms in total. The molecule has 0 radical (unpaired) electrons. The normalized spacial score (nSPS) is 15.7. The number of hydrogen-bond acceptors (Lipinski definition) is 7.